The molecule has 0 saturated carbocycles. The molecule has 0 aliphatic carbocycles. The summed E-state index contributed by atoms with van der Waals surface area (Å²) in [6.45, 7) is 6.79. The van der Waals surface area contributed by atoms with E-state index in [1.807, 2.05) is 11.0 Å². The zero-order chi connectivity index (χ0) is 19.9. The van der Waals surface area contributed by atoms with Gasteiger partial charge in [0.25, 0.3) is 5.91 Å². The molecule has 150 valence electrons. The van der Waals surface area contributed by atoms with Crippen molar-refractivity contribution in [2.75, 3.05) is 39.3 Å². The highest BCUT2D eigenvalue weighted by atomic mass is 32.1. The molecule has 1 aliphatic heterocycles. The Labute approximate surface area is 170 Å². The number of thiophene rings is 1. The van der Waals surface area contributed by atoms with Gasteiger partial charge in [0.05, 0.1) is 11.5 Å². The molecular formula is C21H28N3O3S+. The van der Waals surface area contributed by atoms with Gasteiger partial charge >= 0.3 is 6.09 Å². The van der Waals surface area contributed by atoms with Crippen molar-refractivity contribution < 1.29 is 19.6 Å². The molecule has 0 bridgehead atoms. The van der Waals surface area contributed by atoms with E-state index >= 15 is 0 Å². The molecule has 28 heavy (non-hydrogen) atoms. The third-order valence-corrected chi connectivity index (χ3v) is 5.93. The van der Waals surface area contributed by atoms with Crippen LogP contribution in [0.15, 0.2) is 41.8 Å². The SMILES string of the molecule is CCOC(=O)N1CCN(C(=O)C[NH2+][C@H](c2ccc(C)cc2)c2cccs2)CC1. The molecule has 7 heteroatoms. The summed E-state index contributed by atoms with van der Waals surface area (Å²) in [4.78, 5) is 29.3. The Balaban J connectivity index is 1.57. The number of ether oxygens (including phenoxy) is 1. The summed E-state index contributed by atoms with van der Waals surface area (Å²) in [5.41, 5.74) is 2.43. The van der Waals surface area contributed by atoms with Crippen molar-refractivity contribution in [2.45, 2.75) is 19.9 Å². The summed E-state index contributed by atoms with van der Waals surface area (Å²) in [7, 11) is 0. The average Bonchev–Trinajstić information content (AvgIpc) is 3.24. The van der Waals surface area contributed by atoms with Gasteiger partial charge in [0.1, 0.15) is 6.04 Å². The van der Waals surface area contributed by atoms with Gasteiger partial charge < -0.3 is 19.9 Å². The van der Waals surface area contributed by atoms with E-state index in [2.05, 4.69) is 48.0 Å². The summed E-state index contributed by atoms with van der Waals surface area (Å²) in [6, 6.07) is 12.8. The molecular weight excluding hydrogens is 374 g/mol. The number of carbonyl (C=O) groups excluding carboxylic acids is 2. The summed E-state index contributed by atoms with van der Waals surface area (Å²) >= 11 is 1.71. The molecule has 3 rings (SSSR count). The first-order chi connectivity index (χ1) is 13.6. The number of nitrogens with zero attached hydrogens (tertiary/aromatic N) is 2. The van der Waals surface area contributed by atoms with Crippen molar-refractivity contribution in [1.82, 2.24) is 9.80 Å². The van der Waals surface area contributed by atoms with Crippen LogP contribution < -0.4 is 5.32 Å². The molecule has 2 heterocycles. The highest BCUT2D eigenvalue weighted by molar-refractivity contribution is 7.10. The molecule has 2 N–H and O–H groups in total. The fraction of sp³-hybridized carbons (Fsp3) is 0.429. The Morgan fingerprint density at radius 2 is 1.79 bits per heavy atom. The van der Waals surface area contributed by atoms with Crippen LogP contribution in [0, 0.1) is 6.92 Å². The maximum atomic E-state index is 12.7. The van der Waals surface area contributed by atoms with Crippen LogP contribution >= 0.6 is 11.3 Å². The largest absolute Gasteiger partial charge is 0.450 e. The van der Waals surface area contributed by atoms with Gasteiger partial charge in [0.2, 0.25) is 0 Å². The van der Waals surface area contributed by atoms with Gasteiger partial charge in [-0.1, -0.05) is 35.9 Å². The van der Waals surface area contributed by atoms with Crippen LogP contribution in [0.3, 0.4) is 0 Å². The van der Waals surface area contributed by atoms with Crippen molar-refractivity contribution in [2.24, 2.45) is 0 Å². The van der Waals surface area contributed by atoms with Gasteiger partial charge in [-0.2, -0.15) is 0 Å². The third-order valence-electron chi connectivity index (χ3n) is 4.97. The van der Waals surface area contributed by atoms with Crippen molar-refractivity contribution in [3.63, 3.8) is 0 Å². The number of quaternary nitrogens is 1. The van der Waals surface area contributed by atoms with E-state index in [4.69, 9.17) is 4.74 Å². The normalized spacial score (nSPS) is 15.4. The lowest BCUT2D eigenvalue weighted by Crippen LogP contribution is -2.87. The minimum Gasteiger partial charge on any atom is -0.450 e. The quantitative estimate of drug-likeness (QED) is 0.804. The Morgan fingerprint density at radius 1 is 1.11 bits per heavy atom. The van der Waals surface area contributed by atoms with Crippen LogP contribution in [0.4, 0.5) is 4.79 Å². The Hall–Kier alpha value is -2.38. The van der Waals surface area contributed by atoms with Crippen molar-refractivity contribution in [3.8, 4) is 0 Å². The first kappa shape index (κ1) is 20.4. The number of piperazine rings is 1. The number of nitrogens with two attached hydrogens (primary N) is 1. The van der Waals surface area contributed by atoms with E-state index < -0.39 is 0 Å². The van der Waals surface area contributed by atoms with E-state index in [1.54, 1.807) is 23.2 Å². The first-order valence-electron chi connectivity index (χ1n) is 9.71. The fourth-order valence-corrected chi connectivity index (χ4v) is 4.21. The van der Waals surface area contributed by atoms with Gasteiger partial charge in [-0.3, -0.25) is 4.79 Å². The predicted molar refractivity (Wildman–Crippen MR) is 109 cm³/mol. The zero-order valence-electron chi connectivity index (χ0n) is 16.5. The molecule has 1 atom stereocenters. The lowest BCUT2D eigenvalue weighted by Gasteiger charge is -2.33. The maximum Gasteiger partial charge on any atom is 0.409 e. The fourth-order valence-electron chi connectivity index (χ4n) is 3.36. The first-order valence-corrected chi connectivity index (χ1v) is 10.6. The lowest BCUT2D eigenvalue weighted by molar-refractivity contribution is -0.676. The number of aryl methyl sites for hydroxylation is 1. The third kappa shape index (κ3) is 5.11. The molecule has 1 aromatic carbocycles. The van der Waals surface area contributed by atoms with Crippen LogP contribution in [0.5, 0.6) is 0 Å². The molecule has 1 saturated heterocycles. The predicted octanol–water partition coefficient (Wildman–Crippen LogP) is 2.01. The number of hydrogen-bond donors (Lipinski definition) is 1. The van der Waals surface area contributed by atoms with Crippen molar-refractivity contribution >= 4 is 23.3 Å². The number of carbonyl (C=O) groups is 2. The lowest BCUT2D eigenvalue weighted by atomic mass is 10.0. The molecule has 1 aliphatic rings. The topological polar surface area (TPSA) is 66.5 Å². The standard InChI is InChI=1S/C21H27N3O3S/c1-3-27-21(26)24-12-10-23(11-13-24)19(25)15-22-20(18-5-4-14-28-18)17-8-6-16(2)7-9-17/h4-9,14,20,22H,3,10-13,15H2,1-2H3/p+1/t20-/m1/s1. The summed E-state index contributed by atoms with van der Waals surface area (Å²) < 4.78 is 5.03. The van der Waals surface area contributed by atoms with Crippen LogP contribution in [0.2, 0.25) is 0 Å². The van der Waals surface area contributed by atoms with Gasteiger partial charge in [0, 0.05) is 31.7 Å². The number of rotatable bonds is 6. The molecule has 0 spiro atoms. The van der Waals surface area contributed by atoms with Crippen LogP contribution in [-0.2, 0) is 9.53 Å². The Kier molecular flexibility index (Phi) is 7.06. The maximum absolute atomic E-state index is 12.7. The van der Waals surface area contributed by atoms with Gasteiger partial charge in [0.15, 0.2) is 6.54 Å². The number of hydrogen-bond acceptors (Lipinski definition) is 4. The van der Waals surface area contributed by atoms with Gasteiger partial charge in [-0.25, -0.2) is 4.79 Å². The summed E-state index contributed by atoms with van der Waals surface area (Å²) in [6.07, 6.45) is -0.293. The van der Waals surface area contributed by atoms with Crippen LogP contribution in [-0.4, -0.2) is 61.1 Å². The average molecular weight is 403 g/mol. The number of amides is 2. The Bertz CT molecular complexity index is 769. The van der Waals surface area contributed by atoms with E-state index in [0.717, 1.165) is 0 Å². The molecule has 2 amide bonds. The second-order valence-corrected chi connectivity index (χ2v) is 7.89. The zero-order valence-corrected chi connectivity index (χ0v) is 17.3. The minimum absolute atomic E-state index is 0.108. The molecule has 1 fully saturated rings. The minimum atomic E-state index is -0.293. The van der Waals surface area contributed by atoms with Crippen molar-refractivity contribution in [3.05, 3.63) is 57.8 Å². The molecule has 0 radical (unpaired) electrons. The highest BCUT2D eigenvalue weighted by Gasteiger charge is 2.27. The second kappa shape index (κ2) is 9.71. The smallest absolute Gasteiger partial charge is 0.409 e. The van der Waals surface area contributed by atoms with Crippen LogP contribution in [0.25, 0.3) is 0 Å². The van der Waals surface area contributed by atoms with E-state index in [1.165, 1.54) is 16.0 Å². The number of benzene rings is 1. The molecule has 6 nitrogen and oxygen atoms in total. The summed E-state index contributed by atoms with van der Waals surface area (Å²) in [5.74, 6) is 0.108. The van der Waals surface area contributed by atoms with E-state index in [0.29, 0.717) is 39.3 Å². The van der Waals surface area contributed by atoms with Crippen molar-refractivity contribution in [1.29, 1.82) is 0 Å². The highest BCUT2D eigenvalue weighted by Crippen LogP contribution is 2.23. The second-order valence-electron chi connectivity index (χ2n) is 6.91. The van der Waals surface area contributed by atoms with E-state index in [-0.39, 0.29) is 18.0 Å². The van der Waals surface area contributed by atoms with Gasteiger partial charge in [-0.05, 0) is 25.3 Å². The molecule has 1 aromatic heterocycles. The molecule has 0 unspecified atom stereocenters. The summed E-state index contributed by atoms with van der Waals surface area (Å²) in [5, 5.41) is 4.18. The Morgan fingerprint density at radius 3 is 2.39 bits per heavy atom. The van der Waals surface area contributed by atoms with E-state index in [9.17, 15) is 9.59 Å². The molecule has 2 aromatic rings. The van der Waals surface area contributed by atoms with Crippen LogP contribution in [0.1, 0.15) is 29.0 Å². The monoisotopic (exact) mass is 402 g/mol. The van der Waals surface area contributed by atoms with Gasteiger partial charge in [-0.15, -0.1) is 11.3 Å².